The predicted octanol–water partition coefficient (Wildman–Crippen LogP) is 2.26. The first-order valence-corrected chi connectivity index (χ1v) is 9.83. The van der Waals surface area contributed by atoms with Crippen LogP contribution in [0.2, 0.25) is 5.02 Å². The zero-order chi connectivity index (χ0) is 20.9. The molecule has 2 heterocycles. The molecule has 29 heavy (non-hydrogen) atoms. The minimum atomic E-state index is -0.776. The van der Waals surface area contributed by atoms with Crippen LogP contribution in [-0.2, 0) is 0 Å². The number of likely N-dealkylation sites (tertiary alicyclic amines) is 1. The molecule has 0 aliphatic carbocycles. The van der Waals surface area contributed by atoms with Gasteiger partial charge in [0.25, 0.3) is 0 Å². The van der Waals surface area contributed by atoms with Gasteiger partial charge in [-0.05, 0) is 32.1 Å². The molecule has 1 aliphatic heterocycles. The molecule has 0 radical (unpaired) electrons. The molecule has 0 bridgehead atoms. The van der Waals surface area contributed by atoms with Crippen molar-refractivity contribution in [2.24, 2.45) is 0 Å². The maximum atomic E-state index is 12.8. The number of rotatable bonds is 2. The lowest BCUT2D eigenvalue weighted by Crippen LogP contribution is -2.50. The van der Waals surface area contributed by atoms with Gasteiger partial charge in [-0.25, -0.2) is 0 Å². The second-order valence-corrected chi connectivity index (χ2v) is 8.00. The molecular weight excluding hydrogens is 392 g/mol. The van der Waals surface area contributed by atoms with E-state index in [0.29, 0.717) is 29.1 Å². The van der Waals surface area contributed by atoms with E-state index in [1.807, 2.05) is 19.8 Å². The molecule has 0 amide bonds. The molecule has 0 saturated carbocycles. The van der Waals surface area contributed by atoms with Crippen molar-refractivity contribution < 1.29 is 19.7 Å². The van der Waals surface area contributed by atoms with Crippen LogP contribution in [0.4, 0.5) is 0 Å². The number of aliphatic hydroxyl groups is 1. The van der Waals surface area contributed by atoms with Crippen molar-refractivity contribution in [2.45, 2.75) is 24.4 Å². The summed E-state index contributed by atoms with van der Waals surface area (Å²) in [5.74, 6) is -0.939. The number of hydrogen-bond acceptors (Lipinski definition) is 6. The number of aliphatic hydroxyl groups excluding tert-OH is 1. The monoisotopic (exact) mass is 413 g/mol. The molecule has 1 fully saturated rings. The predicted molar refractivity (Wildman–Crippen MR) is 115 cm³/mol. The second kappa shape index (κ2) is 7.41. The molecule has 1 aliphatic rings. The van der Waals surface area contributed by atoms with Crippen molar-refractivity contribution >= 4 is 30.4 Å². The Morgan fingerprint density at radius 1 is 1.21 bits per heavy atom. The van der Waals surface area contributed by atoms with E-state index in [1.165, 1.54) is 6.07 Å². The fraction of sp³-hybridized carbons (Fsp3) is 0.286. The first-order chi connectivity index (χ1) is 13.8. The molecule has 4 rings (SSSR count). The number of hydrogen-bond donors (Lipinski definition) is 3. The van der Waals surface area contributed by atoms with Crippen LogP contribution < -0.4 is 5.43 Å². The fourth-order valence-corrected chi connectivity index (χ4v) is 4.33. The zero-order valence-electron chi connectivity index (χ0n) is 16.1. The van der Waals surface area contributed by atoms with Gasteiger partial charge in [-0.2, -0.15) is 0 Å². The summed E-state index contributed by atoms with van der Waals surface area (Å²) in [7, 11) is 3.83. The van der Waals surface area contributed by atoms with Crippen LogP contribution in [0.1, 0.15) is 17.9 Å². The average molecular weight is 414 g/mol. The summed E-state index contributed by atoms with van der Waals surface area (Å²) in [6, 6.07) is 9.36. The van der Waals surface area contributed by atoms with Crippen LogP contribution >= 0.6 is 11.6 Å². The van der Waals surface area contributed by atoms with E-state index in [1.54, 1.807) is 24.3 Å². The van der Waals surface area contributed by atoms with E-state index in [0.717, 1.165) is 6.07 Å². The molecule has 8 heteroatoms. The van der Waals surface area contributed by atoms with Crippen molar-refractivity contribution in [1.82, 2.24) is 4.90 Å². The number of halogens is 1. The fourth-order valence-electron chi connectivity index (χ4n) is 4.10. The number of fused-ring (bicyclic) bond motifs is 1. The summed E-state index contributed by atoms with van der Waals surface area (Å²) in [6.45, 7) is 0.707. The van der Waals surface area contributed by atoms with Gasteiger partial charge in [0.2, 0.25) is 0 Å². The highest BCUT2D eigenvalue weighted by Gasteiger charge is 2.37. The largest absolute Gasteiger partial charge is 0.507 e. The summed E-state index contributed by atoms with van der Waals surface area (Å²) in [6.07, 6.45) is -0.211. The topological polar surface area (TPSA) is 94.1 Å². The van der Waals surface area contributed by atoms with Crippen LogP contribution in [0.5, 0.6) is 11.5 Å². The lowest BCUT2D eigenvalue weighted by Gasteiger charge is -2.40. The number of aromatic hydroxyl groups is 2. The summed E-state index contributed by atoms with van der Waals surface area (Å²) >= 11 is 6.27. The maximum Gasteiger partial charge on any atom is 0.197 e. The van der Waals surface area contributed by atoms with Gasteiger partial charge < -0.3 is 24.6 Å². The first-order valence-electron chi connectivity index (χ1n) is 9.45. The zero-order valence-corrected chi connectivity index (χ0v) is 16.8. The average Bonchev–Trinajstić information content (AvgIpc) is 2.67. The van der Waals surface area contributed by atoms with E-state index in [9.17, 15) is 20.1 Å². The van der Waals surface area contributed by atoms with Gasteiger partial charge in [0, 0.05) is 35.1 Å². The highest BCUT2D eigenvalue weighted by atomic mass is 35.5. The van der Waals surface area contributed by atoms with Crippen LogP contribution in [0.15, 0.2) is 45.6 Å². The molecule has 1 aromatic heterocycles. The van der Waals surface area contributed by atoms with E-state index in [-0.39, 0.29) is 34.2 Å². The van der Waals surface area contributed by atoms with E-state index in [2.05, 4.69) is 0 Å². The number of phenolic OH excluding ortho intramolecular Hbond substituents is 2. The smallest absolute Gasteiger partial charge is 0.197 e. The molecule has 150 valence electrons. The Labute approximate surface area is 173 Å². The van der Waals surface area contributed by atoms with E-state index < -0.39 is 17.5 Å². The normalized spacial score (nSPS) is 22.8. The summed E-state index contributed by atoms with van der Waals surface area (Å²) < 4.78 is 6.04. The molecule has 3 unspecified atom stereocenters. The SMILES string of the molecule is BC1C(O)C(c2c(O)cc(O)c3c(=O)cc(-c4ccccc4Cl)oc23)CCN1C. The summed E-state index contributed by atoms with van der Waals surface area (Å²) in [5.41, 5.74) is 0.483. The minimum absolute atomic E-state index is 0.0209. The van der Waals surface area contributed by atoms with Crippen molar-refractivity contribution in [1.29, 1.82) is 0 Å². The van der Waals surface area contributed by atoms with E-state index in [4.69, 9.17) is 16.0 Å². The van der Waals surface area contributed by atoms with Gasteiger partial charge in [0.15, 0.2) is 5.43 Å². The third kappa shape index (κ3) is 3.29. The summed E-state index contributed by atoms with van der Waals surface area (Å²) in [4.78, 5) is 14.9. The van der Waals surface area contributed by atoms with Gasteiger partial charge in [-0.3, -0.25) is 4.79 Å². The van der Waals surface area contributed by atoms with Crippen LogP contribution in [-0.4, -0.2) is 53.7 Å². The Bertz CT molecular complexity index is 1150. The molecule has 3 aromatic rings. The Morgan fingerprint density at radius 2 is 1.93 bits per heavy atom. The van der Waals surface area contributed by atoms with Crippen LogP contribution in [0, 0.1) is 0 Å². The number of piperidine rings is 1. The van der Waals surface area contributed by atoms with Crippen molar-refractivity contribution in [3.8, 4) is 22.8 Å². The number of benzene rings is 2. The van der Waals surface area contributed by atoms with Gasteiger partial charge >= 0.3 is 0 Å². The lowest BCUT2D eigenvalue weighted by molar-refractivity contribution is 0.0432. The third-order valence-corrected chi connectivity index (χ3v) is 6.23. The molecule has 0 spiro atoms. The second-order valence-electron chi connectivity index (χ2n) is 7.59. The molecule has 6 nitrogen and oxygen atoms in total. The third-order valence-electron chi connectivity index (χ3n) is 5.90. The Morgan fingerprint density at radius 3 is 2.66 bits per heavy atom. The van der Waals surface area contributed by atoms with Crippen molar-refractivity contribution in [3.63, 3.8) is 0 Å². The molecule has 3 atom stereocenters. The van der Waals surface area contributed by atoms with Crippen molar-refractivity contribution in [3.05, 3.63) is 57.2 Å². The molecular formula is C21H21BClNO5. The highest BCUT2D eigenvalue weighted by molar-refractivity contribution is 6.33. The highest BCUT2D eigenvalue weighted by Crippen LogP contribution is 2.43. The van der Waals surface area contributed by atoms with Crippen LogP contribution in [0.3, 0.4) is 0 Å². The standard InChI is InChI=1S/C21H21BClNO5/c1-24-7-6-11(19(28)21(24)22)17-13(25)8-14(26)18-15(27)9-16(29-20(17)18)10-4-2-3-5-12(10)23/h2-5,8-9,11,19,21,25-26,28H,6-7,22H2,1H3. The van der Waals surface area contributed by atoms with Crippen molar-refractivity contribution in [2.75, 3.05) is 13.6 Å². The van der Waals surface area contributed by atoms with Gasteiger partial charge in [-0.1, -0.05) is 23.7 Å². The van der Waals surface area contributed by atoms with Gasteiger partial charge in [0.05, 0.1) is 11.1 Å². The number of phenols is 2. The molecule has 1 saturated heterocycles. The van der Waals surface area contributed by atoms with Crippen LogP contribution in [0.25, 0.3) is 22.3 Å². The maximum absolute atomic E-state index is 12.8. The Hall–Kier alpha value is -2.48. The summed E-state index contributed by atoms with van der Waals surface area (Å²) in [5, 5.41) is 32.2. The molecule has 2 aromatic carbocycles. The lowest BCUT2D eigenvalue weighted by atomic mass is 9.74. The number of nitrogens with zero attached hydrogens (tertiary/aromatic N) is 1. The van der Waals surface area contributed by atoms with Gasteiger partial charge in [0.1, 0.15) is 36.1 Å². The first kappa shape index (κ1) is 19.8. The molecule has 3 N–H and O–H groups in total. The quantitative estimate of drug-likeness (QED) is 0.558. The Kier molecular flexibility index (Phi) is 5.06. The Balaban J connectivity index is 2.00. The van der Waals surface area contributed by atoms with Gasteiger partial charge in [-0.15, -0.1) is 0 Å². The number of likely N-dealkylation sites (N-methyl/N-ethyl adjacent to an activating group) is 1. The van der Waals surface area contributed by atoms with E-state index >= 15 is 0 Å². The minimum Gasteiger partial charge on any atom is -0.507 e.